The normalized spacial score (nSPS) is 17.5. The van der Waals surface area contributed by atoms with Crippen molar-refractivity contribution in [3.63, 3.8) is 0 Å². The molecule has 0 bridgehead atoms. The van der Waals surface area contributed by atoms with Gasteiger partial charge < -0.3 is 5.11 Å². The third kappa shape index (κ3) is 2.05. The van der Waals surface area contributed by atoms with E-state index in [1.807, 2.05) is 4.90 Å². The van der Waals surface area contributed by atoms with Crippen molar-refractivity contribution >= 4 is 0 Å². The highest BCUT2D eigenvalue weighted by molar-refractivity contribution is 5.20. The summed E-state index contributed by atoms with van der Waals surface area (Å²) in [4.78, 5) is 1.87. The fourth-order valence-electron chi connectivity index (χ4n) is 1.85. The zero-order chi connectivity index (χ0) is 11.7. The first-order chi connectivity index (χ1) is 7.61. The Kier molecular flexibility index (Phi) is 3.16. The molecule has 1 saturated heterocycles. The molecule has 88 valence electrons. The molecule has 1 heterocycles. The van der Waals surface area contributed by atoms with Gasteiger partial charge in [-0.2, -0.15) is 0 Å². The highest BCUT2D eigenvalue weighted by atomic mass is 19.2. The summed E-state index contributed by atoms with van der Waals surface area (Å²) in [5, 5.41) is 8.79. The molecule has 1 aliphatic rings. The summed E-state index contributed by atoms with van der Waals surface area (Å²) in [5.41, 5.74) is 0.148. The van der Waals surface area contributed by atoms with Crippen LogP contribution < -0.4 is 0 Å². The van der Waals surface area contributed by atoms with Crippen LogP contribution in [0, 0.1) is 23.4 Å². The van der Waals surface area contributed by atoms with Crippen molar-refractivity contribution < 1.29 is 18.3 Å². The molecule has 2 rings (SSSR count). The van der Waals surface area contributed by atoms with Gasteiger partial charge in [-0.05, 0) is 6.07 Å². The Morgan fingerprint density at radius 2 is 1.88 bits per heavy atom. The van der Waals surface area contributed by atoms with E-state index >= 15 is 0 Å². The Balaban J connectivity index is 2.03. The van der Waals surface area contributed by atoms with E-state index in [0.29, 0.717) is 13.1 Å². The summed E-state index contributed by atoms with van der Waals surface area (Å²) in [6.07, 6.45) is 0. The minimum Gasteiger partial charge on any atom is -0.396 e. The zero-order valence-electron chi connectivity index (χ0n) is 8.59. The van der Waals surface area contributed by atoms with E-state index in [-0.39, 0.29) is 24.6 Å². The lowest BCUT2D eigenvalue weighted by Crippen LogP contribution is -2.47. The lowest BCUT2D eigenvalue weighted by molar-refractivity contribution is 0.0469. The molecule has 0 unspecified atom stereocenters. The molecule has 0 saturated carbocycles. The van der Waals surface area contributed by atoms with E-state index in [1.54, 1.807) is 0 Å². The van der Waals surface area contributed by atoms with Crippen molar-refractivity contribution in [2.45, 2.75) is 6.54 Å². The fourth-order valence-corrected chi connectivity index (χ4v) is 1.85. The number of halogens is 3. The van der Waals surface area contributed by atoms with Crippen molar-refractivity contribution in [2.75, 3.05) is 19.7 Å². The predicted octanol–water partition coefficient (Wildman–Crippen LogP) is 1.53. The van der Waals surface area contributed by atoms with Crippen LogP contribution in [0.15, 0.2) is 12.1 Å². The summed E-state index contributed by atoms with van der Waals surface area (Å²) >= 11 is 0. The molecule has 0 spiro atoms. The first-order valence-corrected chi connectivity index (χ1v) is 5.07. The van der Waals surface area contributed by atoms with Gasteiger partial charge in [0.25, 0.3) is 0 Å². The summed E-state index contributed by atoms with van der Waals surface area (Å²) in [7, 11) is 0. The van der Waals surface area contributed by atoms with Gasteiger partial charge in [-0.3, -0.25) is 4.90 Å². The summed E-state index contributed by atoms with van der Waals surface area (Å²) < 4.78 is 38.8. The lowest BCUT2D eigenvalue weighted by Gasteiger charge is -2.38. The van der Waals surface area contributed by atoms with Gasteiger partial charge in [0.05, 0.1) is 0 Å². The molecule has 0 amide bonds. The number of benzene rings is 1. The van der Waals surface area contributed by atoms with E-state index in [4.69, 9.17) is 5.11 Å². The smallest absolute Gasteiger partial charge is 0.194 e. The molecule has 16 heavy (non-hydrogen) atoms. The van der Waals surface area contributed by atoms with Crippen LogP contribution in [0.2, 0.25) is 0 Å². The second-order valence-corrected chi connectivity index (χ2v) is 4.08. The largest absolute Gasteiger partial charge is 0.396 e. The second-order valence-electron chi connectivity index (χ2n) is 4.08. The Morgan fingerprint density at radius 1 is 1.19 bits per heavy atom. The number of hydrogen-bond donors (Lipinski definition) is 1. The second kappa shape index (κ2) is 4.43. The van der Waals surface area contributed by atoms with Crippen LogP contribution in [0.1, 0.15) is 5.56 Å². The average molecular weight is 231 g/mol. The summed E-state index contributed by atoms with van der Waals surface area (Å²) in [6.45, 7) is 1.68. The van der Waals surface area contributed by atoms with Crippen molar-refractivity contribution in [3.05, 3.63) is 35.1 Å². The maximum absolute atomic E-state index is 13.3. The van der Waals surface area contributed by atoms with Crippen LogP contribution in [0.5, 0.6) is 0 Å². The Hall–Kier alpha value is -1.07. The van der Waals surface area contributed by atoms with Gasteiger partial charge in [0.2, 0.25) is 0 Å². The third-order valence-corrected chi connectivity index (χ3v) is 2.80. The minimum absolute atomic E-state index is 0.108. The van der Waals surface area contributed by atoms with Gasteiger partial charge in [0.15, 0.2) is 17.5 Å². The van der Waals surface area contributed by atoms with Crippen molar-refractivity contribution in [1.29, 1.82) is 0 Å². The van der Waals surface area contributed by atoms with Crippen LogP contribution in [0.25, 0.3) is 0 Å². The van der Waals surface area contributed by atoms with E-state index in [0.717, 1.165) is 6.07 Å². The molecular weight excluding hydrogens is 219 g/mol. The topological polar surface area (TPSA) is 23.5 Å². The van der Waals surface area contributed by atoms with Gasteiger partial charge in [-0.25, -0.2) is 13.2 Å². The van der Waals surface area contributed by atoms with Gasteiger partial charge >= 0.3 is 0 Å². The molecule has 2 nitrogen and oxygen atoms in total. The third-order valence-electron chi connectivity index (χ3n) is 2.80. The summed E-state index contributed by atoms with van der Waals surface area (Å²) in [6, 6.07) is 2.18. The molecule has 1 aromatic carbocycles. The molecule has 5 heteroatoms. The fraction of sp³-hybridized carbons (Fsp3) is 0.455. The van der Waals surface area contributed by atoms with Gasteiger partial charge in [-0.15, -0.1) is 0 Å². The zero-order valence-corrected chi connectivity index (χ0v) is 8.59. The first-order valence-electron chi connectivity index (χ1n) is 5.07. The van der Waals surface area contributed by atoms with Crippen molar-refractivity contribution in [1.82, 2.24) is 4.90 Å². The molecule has 0 aliphatic carbocycles. The molecular formula is C11H12F3NO. The Labute approximate surface area is 91.3 Å². The quantitative estimate of drug-likeness (QED) is 0.797. The minimum atomic E-state index is -1.42. The first kappa shape index (κ1) is 11.4. The van der Waals surface area contributed by atoms with Gasteiger partial charge in [-0.1, -0.05) is 6.07 Å². The SMILES string of the molecule is OCC1CN(Cc2ccc(F)c(F)c2F)C1. The lowest BCUT2D eigenvalue weighted by atomic mass is 10.0. The Bertz CT molecular complexity index is 391. The highest BCUT2D eigenvalue weighted by Crippen LogP contribution is 2.21. The Morgan fingerprint density at radius 3 is 2.50 bits per heavy atom. The number of rotatable bonds is 3. The number of aliphatic hydroxyl groups excluding tert-OH is 1. The maximum atomic E-state index is 13.3. The number of aliphatic hydroxyl groups is 1. The molecule has 0 aromatic heterocycles. The van der Waals surface area contributed by atoms with Crippen molar-refractivity contribution in [2.24, 2.45) is 5.92 Å². The molecule has 0 radical (unpaired) electrons. The van der Waals surface area contributed by atoms with Crippen LogP contribution >= 0.6 is 0 Å². The van der Waals surface area contributed by atoms with Gasteiger partial charge in [0.1, 0.15) is 0 Å². The van der Waals surface area contributed by atoms with Crippen LogP contribution in [0.3, 0.4) is 0 Å². The highest BCUT2D eigenvalue weighted by Gasteiger charge is 2.27. The molecule has 0 atom stereocenters. The van der Waals surface area contributed by atoms with Crippen LogP contribution in [-0.4, -0.2) is 29.7 Å². The predicted molar refractivity (Wildman–Crippen MR) is 52.2 cm³/mol. The molecule has 1 N–H and O–H groups in total. The van der Waals surface area contributed by atoms with E-state index in [2.05, 4.69) is 0 Å². The van der Waals surface area contributed by atoms with Gasteiger partial charge in [0, 0.05) is 37.7 Å². The van der Waals surface area contributed by atoms with E-state index in [9.17, 15) is 13.2 Å². The number of nitrogens with zero attached hydrogens (tertiary/aromatic N) is 1. The van der Waals surface area contributed by atoms with E-state index in [1.165, 1.54) is 6.07 Å². The van der Waals surface area contributed by atoms with E-state index < -0.39 is 17.5 Å². The van der Waals surface area contributed by atoms with Crippen molar-refractivity contribution in [3.8, 4) is 0 Å². The monoisotopic (exact) mass is 231 g/mol. The molecule has 1 aliphatic heterocycles. The average Bonchev–Trinajstić information content (AvgIpc) is 2.22. The molecule has 1 fully saturated rings. The maximum Gasteiger partial charge on any atom is 0.194 e. The van der Waals surface area contributed by atoms with Crippen LogP contribution in [-0.2, 0) is 6.54 Å². The molecule has 1 aromatic rings. The standard InChI is InChI=1S/C11H12F3NO/c12-9-2-1-8(10(13)11(9)14)5-15-3-7(4-15)6-16/h1-2,7,16H,3-6H2. The summed E-state index contributed by atoms with van der Waals surface area (Å²) in [5.74, 6) is -3.49. The number of likely N-dealkylation sites (tertiary alicyclic amines) is 1. The number of hydrogen-bond acceptors (Lipinski definition) is 2. The van der Waals surface area contributed by atoms with Crippen LogP contribution in [0.4, 0.5) is 13.2 Å².